The highest BCUT2D eigenvalue weighted by atomic mass is 16.2. The minimum atomic E-state index is -0.0764. The van der Waals surface area contributed by atoms with Gasteiger partial charge in [0.15, 0.2) is 0 Å². The monoisotopic (exact) mass is 392 g/mol. The van der Waals surface area contributed by atoms with Crippen LogP contribution in [-0.2, 0) is 11.2 Å². The molecule has 1 heterocycles. The summed E-state index contributed by atoms with van der Waals surface area (Å²) in [4.78, 5) is 26.4. The fourth-order valence-electron chi connectivity index (χ4n) is 3.89. The lowest BCUT2D eigenvalue weighted by atomic mass is 9.90. The van der Waals surface area contributed by atoms with Crippen LogP contribution in [0.4, 0.5) is 0 Å². The number of nitrogens with zero attached hydrogens (tertiary/aromatic N) is 1. The maximum atomic E-state index is 12.4. The molecule has 3 rings (SSSR count). The van der Waals surface area contributed by atoms with Gasteiger partial charge in [-0.2, -0.15) is 0 Å². The Kier molecular flexibility index (Phi) is 7.85. The summed E-state index contributed by atoms with van der Waals surface area (Å²) in [7, 11) is 0. The van der Waals surface area contributed by atoms with Crippen molar-refractivity contribution in [3.63, 3.8) is 0 Å². The van der Waals surface area contributed by atoms with E-state index in [0.29, 0.717) is 30.9 Å². The molecular weight excluding hydrogens is 360 g/mol. The molecule has 1 N–H and O–H groups in total. The van der Waals surface area contributed by atoms with E-state index < -0.39 is 0 Å². The highest BCUT2D eigenvalue weighted by Gasteiger charge is 2.22. The first-order chi connectivity index (χ1) is 14.1. The van der Waals surface area contributed by atoms with Crippen LogP contribution in [0, 0.1) is 12.8 Å². The third-order valence-electron chi connectivity index (χ3n) is 5.82. The molecular formula is C25H32N2O2. The lowest BCUT2D eigenvalue weighted by molar-refractivity contribution is -0.132. The summed E-state index contributed by atoms with van der Waals surface area (Å²) in [6.45, 7) is 4.39. The van der Waals surface area contributed by atoms with Gasteiger partial charge in [0.1, 0.15) is 0 Å². The smallest absolute Gasteiger partial charge is 0.251 e. The molecule has 1 aliphatic heterocycles. The number of hydrogen-bond donors (Lipinski definition) is 1. The van der Waals surface area contributed by atoms with E-state index >= 15 is 0 Å². The zero-order chi connectivity index (χ0) is 20.5. The number of likely N-dealkylation sites (tertiary alicyclic amines) is 1. The number of rotatable bonds is 8. The summed E-state index contributed by atoms with van der Waals surface area (Å²) >= 11 is 0. The van der Waals surface area contributed by atoms with Crippen molar-refractivity contribution in [2.24, 2.45) is 5.92 Å². The Hall–Kier alpha value is -2.62. The highest BCUT2D eigenvalue weighted by Crippen LogP contribution is 2.23. The van der Waals surface area contributed by atoms with E-state index in [2.05, 4.69) is 36.5 Å². The molecule has 2 aromatic rings. The van der Waals surface area contributed by atoms with Crippen molar-refractivity contribution in [1.29, 1.82) is 0 Å². The molecule has 0 atom stereocenters. The Morgan fingerprint density at radius 1 is 1.00 bits per heavy atom. The van der Waals surface area contributed by atoms with Gasteiger partial charge in [-0.1, -0.05) is 48.0 Å². The molecule has 1 saturated heterocycles. The van der Waals surface area contributed by atoms with E-state index in [4.69, 9.17) is 0 Å². The van der Waals surface area contributed by atoms with Gasteiger partial charge in [0.25, 0.3) is 5.91 Å². The van der Waals surface area contributed by atoms with Crippen molar-refractivity contribution in [1.82, 2.24) is 10.2 Å². The average molecular weight is 393 g/mol. The number of hydrogen-bond acceptors (Lipinski definition) is 2. The largest absolute Gasteiger partial charge is 0.352 e. The lowest BCUT2D eigenvalue weighted by Gasteiger charge is -2.32. The second kappa shape index (κ2) is 10.8. The Balaban J connectivity index is 1.29. The van der Waals surface area contributed by atoms with Crippen molar-refractivity contribution < 1.29 is 9.59 Å². The van der Waals surface area contributed by atoms with E-state index in [-0.39, 0.29) is 11.8 Å². The molecule has 4 nitrogen and oxygen atoms in total. The standard InChI is InChI=1S/C25H32N2O2/c1-20-9-11-21(12-10-20)13-14-22-15-18-27(19-16-22)24(28)8-5-17-26-25(29)23-6-3-2-4-7-23/h2-4,6-7,9-12,22H,5,8,13-19H2,1H3,(H,26,29). The molecule has 1 fully saturated rings. The second-order valence-electron chi connectivity index (χ2n) is 8.07. The number of carbonyl (C=O) groups excluding carboxylic acids is 2. The van der Waals surface area contributed by atoms with Crippen molar-refractivity contribution in [3.8, 4) is 0 Å². The first-order valence-corrected chi connectivity index (χ1v) is 10.8. The summed E-state index contributed by atoms with van der Waals surface area (Å²) in [5.41, 5.74) is 3.37. The SMILES string of the molecule is Cc1ccc(CCC2CCN(C(=O)CCCNC(=O)c3ccccc3)CC2)cc1. The van der Waals surface area contributed by atoms with Gasteiger partial charge in [0, 0.05) is 31.6 Å². The summed E-state index contributed by atoms with van der Waals surface area (Å²) in [5.74, 6) is 0.855. The van der Waals surface area contributed by atoms with Gasteiger partial charge in [-0.3, -0.25) is 9.59 Å². The molecule has 0 aliphatic carbocycles. The third-order valence-corrected chi connectivity index (χ3v) is 5.82. The highest BCUT2D eigenvalue weighted by molar-refractivity contribution is 5.94. The Morgan fingerprint density at radius 3 is 2.38 bits per heavy atom. The number of carbonyl (C=O) groups is 2. The summed E-state index contributed by atoms with van der Waals surface area (Å²) in [6.07, 6.45) is 5.72. The van der Waals surface area contributed by atoms with Crippen LogP contribution in [-0.4, -0.2) is 36.3 Å². The summed E-state index contributed by atoms with van der Waals surface area (Å²) < 4.78 is 0. The molecule has 4 heteroatoms. The maximum Gasteiger partial charge on any atom is 0.251 e. The average Bonchev–Trinajstić information content (AvgIpc) is 2.77. The molecule has 0 saturated carbocycles. The second-order valence-corrected chi connectivity index (χ2v) is 8.07. The molecule has 0 spiro atoms. The van der Waals surface area contributed by atoms with Crippen LogP contribution in [0.1, 0.15) is 53.6 Å². The Bertz CT molecular complexity index is 778. The number of aryl methyl sites for hydroxylation is 2. The van der Waals surface area contributed by atoms with Gasteiger partial charge in [-0.05, 0) is 62.6 Å². The van der Waals surface area contributed by atoms with Crippen LogP contribution in [0.3, 0.4) is 0 Å². The van der Waals surface area contributed by atoms with Crippen LogP contribution in [0.2, 0.25) is 0 Å². The first kappa shape index (κ1) is 21.1. The van der Waals surface area contributed by atoms with Crippen molar-refractivity contribution in [3.05, 3.63) is 71.3 Å². The predicted molar refractivity (Wildman–Crippen MR) is 117 cm³/mol. The Labute approximate surface area is 174 Å². The van der Waals surface area contributed by atoms with Gasteiger partial charge in [0.05, 0.1) is 0 Å². The molecule has 1 aliphatic rings. The molecule has 2 amide bonds. The molecule has 0 unspecified atom stereocenters. The molecule has 154 valence electrons. The van der Waals surface area contributed by atoms with Crippen molar-refractivity contribution >= 4 is 11.8 Å². The van der Waals surface area contributed by atoms with Crippen molar-refractivity contribution in [2.45, 2.75) is 45.4 Å². The number of benzene rings is 2. The molecule has 0 aromatic heterocycles. The minimum Gasteiger partial charge on any atom is -0.352 e. The topological polar surface area (TPSA) is 49.4 Å². The van der Waals surface area contributed by atoms with Crippen molar-refractivity contribution in [2.75, 3.05) is 19.6 Å². The van der Waals surface area contributed by atoms with Crippen LogP contribution in [0.25, 0.3) is 0 Å². The molecule has 0 bridgehead atoms. The summed E-state index contributed by atoms with van der Waals surface area (Å²) in [5, 5.41) is 2.89. The van der Waals surface area contributed by atoms with Gasteiger partial charge in [-0.25, -0.2) is 0 Å². The maximum absolute atomic E-state index is 12.4. The first-order valence-electron chi connectivity index (χ1n) is 10.8. The number of nitrogens with one attached hydrogen (secondary N) is 1. The molecule has 29 heavy (non-hydrogen) atoms. The number of piperidine rings is 1. The third kappa shape index (κ3) is 6.74. The lowest BCUT2D eigenvalue weighted by Crippen LogP contribution is -2.38. The van der Waals surface area contributed by atoms with Gasteiger partial charge < -0.3 is 10.2 Å². The van der Waals surface area contributed by atoms with Crippen LogP contribution < -0.4 is 5.32 Å². The normalized spacial score (nSPS) is 14.6. The summed E-state index contributed by atoms with van der Waals surface area (Å²) in [6, 6.07) is 18.0. The molecule has 2 aromatic carbocycles. The van der Waals surface area contributed by atoms with Crippen LogP contribution in [0.15, 0.2) is 54.6 Å². The fourth-order valence-corrected chi connectivity index (χ4v) is 3.89. The van der Waals surface area contributed by atoms with E-state index in [1.807, 2.05) is 23.1 Å². The van der Waals surface area contributed by atoms with Crippen LogP contribution in [0.5, 0.6) is 0 Å². The Morgan fingerprint density at radius 2 is 1.69 bits per heavy atom. The van der Waals surface area contributed by atoms with E-state index in [1.165, 1.54) is 17.5 Å². The molecule has 0 radical (unpaired) electrons. The minimum absolute atomic E-state index is 0.0764. The van der Waals surface area contributed by atoms with Crippen LogP contribution >= 0.6 is 0 Å². The van der Waals surface area contributed by atoms with E-state index in [0.717, 1.165) is 32.4 Å². The van der Waals surface area contributed by atoms with Gasteiger partial charge in [-0.15, -0.1) is 0 Å². The number of amides is 2. The quantitative estimate of drug-likeness (QED) is 0.678. The fraction of sp³-hybridized carbons (Fsp3) is 0.440. The zero-order valence-electron chi connectivity index (χ0n) is 17.4. The van der Waals surface area contributed by atoms with Gasteiger partial charge in [0.2, 0.25) is 5.91 Å². The van der Waals surface area contributed by atoms with E-state index in [9.17, 15) is 9.59 Å². The van der Waals surface area contributed by atoms with Gasteiger partial charge >= 0.3 is 0 Å². The zero-order valence-corrected chi connectivity index (χ0v) is 17.4. The predicted octanol–water partition coefficient (Wildman–Crippen LogP) is 4.38. The van der Waals surface area contributed by atoms with E-state index in [1.54, 1.807) is 12.1 Å².